The first kappa shape index (κ1) is 24.3. The third-order valence-corrected chi connectivity index (χ3v) is 6.42. The average Bonchev–Trinajstić information content (AvgIpc) is 2.76. The Labute approximate surface area is 191 Å². The van der Waals surface area contributed by atoms with Gasteiger partial charge in [-0.1, -0.05) is 32.3 Å². The second kappa shape index (κ2) is 11.0. The van der Waals surface area contributed by atoms with E-state index in [1.54, 1.807) is 23.1 Å². The van der Waals surface area contributed by atoms with Gasteiger partial charge in [0.15, 0.2) is 5.75 Å². The molecule has 1 fully saturated rings. The van der Waals surface area contributed by atoms with Gasteiger partial charge in [-0.15, -0.1) is 0 Å². The molecule has 8 nitrogen and oxygen atoms in total. The molecule has 0 radical (unpaired) electrons. The molecule has 32 heavy (non-hydrogen) atoms. The molecule has 0 bridgehead atoms. The normalized spacial score (nSPS) is 23.1. The summed E-state index contributed by atoms with van der Waals surface area (Å²) in [5, 5.41) is 15.7. The maximum atomic E-state index is 13.4. The number of urea groups is 1. The Balaban J connectivity index is 1.91. The van der Waals surface area contributed by atoms with Crippen molar-refractivity contribution >= 4 is 17.6 Å². The van der Waals surface area contributed by atoms with Crippen LogP contribution in [0, 0.1) is 5.92 Å². The fourth-order valence-corrected chi connectivity index (χ4v) is 4.51. The highest BCUT2D eigenvalue weighted by molar-refractivity contribution is 6.01. The lowest BCUT2D eigenvalue weighted by Gasteiger charge is -2.38. The number of para-hydroxylation sites is 1. The lowest BCUT2D eigenvalue weighted by molar-refractivity contribution is 0.0365. The number of benzene rings is 1. The fourth-order valence-electron chi connectivity index (χ4n) is 4.51. The van der Waals surface area contributed by atoms with Crippen molar-refractivity contribution in [3.63, 3.8) is 0 Å². The summed E-state index contributed by atoms with van der Waals surface area (Å²) < 4.78 is 6.42. The second-order valence-electron chi connectivity index (χ2n) is 9.50. The monoisotopic (exact) mass is 446 g/mol. The number of nitrogens with zero attached hydrogens (tertiary/aromatic N) is 2. The number of carbonyl (C=O) groups is 2. The predicted octanol–water partition coefficient (Wildman–Crippen LogP) is 2.92. The van der Waals surface area contributed by atoms with Crippen molar-refractivity contribution in [3.8, 4) is 5.75 Å². The third-order valence-electron chi connectivity index (χ3n) is 6.42. The molecule has 0 spiro atoms. The third kappa shape index (κ3) is 5.92. The summed E-state index contributed by atoms with van der Waals surface area (Å²) in [6.07, 6.45) is 5.28. The molecule has 0 aromatic heterocycles. The van der Waals surface area contributed by atoms with E-state index < -0.39 is 0 Å². The van der Waals surface area contributed by atoms with E-state index in [0.29, 0.717) is 30.1 Å². The highest BCUT2D eigenvalue weighted by atomic mass is 16.5. The van der Waals surface area contributed by atoms with Gasteiger partial charge in [0, 0.05) is 25.0 Å². The standard InChI is InChI=1S/C24H38N4O4/c1-16-13-28(17(2)15-29)23(30)19-11-8-12-20(22(19)32-21(16)14-27(3)4)26-24(31)25-18-9-6-5-7-10-18/h8,11-12,16-18,21,29H,5-7,9-10,13-15H2,1-4H3,(H2,25,26,31)/t16-,17+,21-/m1/s1. The minimum Gasteiger partial charge on any atom is -0.486 e. The van der Waals surface area contributed by atoms with Gasteiger partial charge in [0.2, 0.25) is 0 Å². The molecule has 3 amide bonds. The van der Waals surface area contributed by atoms with Gasteiger partial charge in [-0.05, 0) is 46.0 Å². The van der Waals surface area contributed by atoms with E-state index in [9.17, 15) is 14.7 Å². The number of likely N-dealkylation sites (N-methyl/N-ethyl adjacent to an activating group) is 1. The number of fused-ring (bicyclic) bond motifs is 1. The molecule has 0 saturated heterocycles. The molecule has 1 saturated carbocycles. The molecule has 0 unspecified atom stereocenters. The lowest BCUT2D eigenvalue weighted by atomic mass is 9.96. The maximum absolute atomic E-state index is 13.4. The number of hydrogen-bond donors (Lipinski definition) is 3. The van der Waals surface area contributed by atoms with E-state index in [1.807, 2.05) is 21.0 Å². The van der Waals surface area contributed by atoms with Crippen LogP contribution in [0.2, 0.25) is 0 Å². The minimum absolute atomic E-state index is 0.0348. The van der Waals surface area contributed by atoms with Crippen LogP contribution in [-0.2, 0) is 0 Å². The van der Waals surface area contributed by atoms with Crippen LogP contribution >= 0.6 is 0 Å². The zero-order valence-electron chi connectivity index (χ0n) is 19.8. The Morgan fingerprint density at radius 2 is 2.00 bits per heavy atom. The summed E-state index contributed by atoms with van der Waals surface area (Å²) in [4.78, 5) is 29.9. The average molecular weight is 447 g/mol. The van der Waals surface area contributed by atoms with Crippen LogP contribution in [-0.4, -0.2) is 78.8 Å². The second-order valence-corrected chi connectivity index (χ2v) is 9.50. The number of nitrogens with one attached hydrogen (secondary N) is 2. The van der Waals surface area contributed by atoms with E-state index in [4.69, 9.17) is 4.74 Å². The smallest absolute Gasteiger partial charge is 0.319 e. The van der Waals surface area contributed by atoms with Crippen LogP contribution in [0.15, 0.2) is 18.2 Å². The highest BCUT2D eigenvalue weighted by Crippen LogP contribution is 2.35. The molecule has 1 aromatic carbocycles. The number of carbonyl (C=O) groups excluding carboxylic acids is 2. The summed E-state index contributed by atoms with van der Waals surface area (Å²) >= 11 is 0. The molecule has 1 heterocycles. The topological polar surface area (TPSA) is 94.1 Å². The number of anilines is 1. The molecule has 3 N–H and O–H groups in total. The van der Waals surface area contributed by atoms with Gasteiger partial charge in [0.1, 0.15) is 6.10 Å². The van der Waals surface area contributed by atoms with Crippen molar-refractivity contribution in [1.29, 1.82) is 0 Å². The van der Waals surface area contributed by atoms with Gasteiger partial charge < -0.3 is 30.3 Å². The SMILES string of the molecule is C[C@@H]1CN([C@@H](C)CO)C(=O)c2cccc(NC(=O)NC3CCCCC3)c2O[C@@H]1CN(C)C. The van der Waals surface area contributed by atoms with Gasteiger partial charge in [-0.2, -0.15) is 0 Å². The quantitative estimate of drug-likeness (QED) is 0.625. The van der Waals surface area contributed by atoms with Crippen molar-refractivity contribution in [2.75, 3.05) is 39.1 Å². The minimum atomic E-state index is -0.317. The summed E-state index contributed by atoms with van der Waals surface area (Å²) in [5.74, 6) is 0.227. The van der Waals surface area contributed by atoms with Crippen molar-refractivity contribution in [2.45, 2.75) is 64.1 Å². The van der Waals surface area contributed by atoms with Gasteiger partial charge in [-0.3, -0.25) is 4.79 Å². The molecule has 1 aromatic rings. The Morgan fingerprint density at radius 3 is 2.66 bits per heavy atom. The maximum Gasteiger partial charge on any atom is 0.319 e. The molecule has 1 aliphatic carbocycles. The van der Waals surface area contributed by atoms with E-state index in [0.717, 1.165) is 25.7 Å². The van der Waals surface area contributed by atoms with E-state index >= 15 is 0 Å². The Hall–Kier alpha value is -2.32. The number of rotatable bonds is 6. The van der Waals surface area contributed by atoms with Crippen molar-refractivity contribution in [1.82, 2.24) is 15.1 Å². The van der Waals surface area contributed by atoms with Gasteiger partial charge in [0.05, 0.1) is 23.9 Å². The van der Waals surface area contributed by atoms with Gasteiger partial charge in [-0.25, -0.2) is 4.79 Å². The van der Waals surface area contributed by atoms with Crippen LogP contribution in [0.25, 0.3) is 0 Å². The highest BCUT2D eigenvalue weighted by Gasteiger charge is 2.34. The summed E-state index contributed by atoms with van der Waals surface area (Å²) in [5.41, 5.74) is 0.884. The van der Waals surface area contributed by atoms with Gasteiger partial charge in [0.25, 0.3) is 5.91 Å². The molecular weight excluding hydrogens is 408 g/mol. The largest absolute Gasteiger partial charge is 0.486 e. The summed E-state index contributed by atoms with van der Waals surface area (Å²) in [6, 6.07) is 4.83. The molecule has 3 rings (SSSR count). The molecule has 8 heteroatoms. The number of aliphatic hydroxyl groups excluding tert-OH is 1. The number of ether oxygens (including phenoxy) is 1. The molecule has 3 atom stereocenters. The number of hydrogen-bond acceptors (Lipinski definition) is 5. The predicted molar refractivity (Wildman–Crippen MR) is 125 cm³/mol. The van der Waals surface area contributed by atoms with Crippen LogP contribution in [0.3, 0.4) is 0 Å². The molecule has 2 aliphatic rings. The van der Waals surface area contributed by atoms with E-state index in [2.05, 4.69) is 22.5 Å². The van der Waals surface area contributed by atoms with Gasteiger partial charge >= 0.3 is 6.03 Å². The van der Waals surface area contributed by atoms with Crippen molar-refractivity contribution in [3.05, 3.63) is 23.8 Å². The van der Waals surface area contributed by atoms with E-state index in [-0.39, 0.29) is 42.7 Å². The fraction of sp³-hybridized carbons (Fsp3) is 0.667. The van der Waals surface area contributed by atoms with E-state index in [1.165, 1.54) is 6.42 Å². The van der Waals surface area contributed by atoms with Crippen LogP contribution in [0.5, 0.6) is 5.75 Å². The van der Waals surface area contributed by atoms with Crippen molar-refractivity contribution in [2.24, 2.45) is 5.92 Å². The first-order chi connectivity index (χ1) is 15.3. The molecular formula is C24H38N4O4. The first-order valence-electron chi connectivity index (χ1n) is 11.7. The van der Waals surface area contributed by atoms with Crippen LogP contribution in [0.4, 0.5) is 10.5 Å². The van der Waals surface area contributed by atoms with Crippen molar-refractivity contribution < 1.29 is 19.4 Å². The summed E-state index contributed by atoms with van der Waals surface area (Å²) in [6.45, 7) is 4.93. The Morgan fingerprint density at radius 1 is 1.28 bits per heavy atom. The summed E-state index contributed by atoms with van der Waals surface area (Å²) in [7, 11) is 3.97. The Kier molecular flexibility index (Phi) is 8.37. The number of amides is 3. The zero-order chi connectivity index (χ0) is 23.3. The lowest BCUT2D eigenvalue weighted by Crippen LogP contribution is -2.49. The van der Waals surface area contributed by atoms with Crippen LogP contribution < -0.4 is 15.4 Å². The van der Waals surface area contributed by atoms with Crippen LogP contribution in [0.1, 0.15) is 56.3 Å². The number of aliphatic hydroxyl groups is 1. The first-order valence-corrected chi connectivity index (χ1v) is 11.7. The molecule has 1 aliphatic heterocycles. The zero-order valence-corrected chi connectivity index (χ0v) is 19.8. The Bertz CT molecular complexity index is 794. The molecule has 178 valence electrons.